The van der Waals surface area contributed by atoms with Gasteiger partial charge in [0.1, 0.15) is 40.8 Å². The summed E-state index contributed by atoms with van der Waals surface area (Å²) in [6.45, 7) is 3.08. The number of piperazine rings is 1. The summed E-state index contributed by atoms with van der Waals surface area (Å²) in [4.78, 5) is 41.7. The Hall–Kier alpha value is -5.95. The Labute approximate surface area is 340 Å². The minimum absolute atomic E-state index is 0.0351. The van der Waals surface area contributed by atoms with E-state index < -0.39 is 36.0 Å². The number of pyridine rings is 1. The number of amides is 1. The van der Waals surface area contributed by atoms with Crippen LogP contribution in [0.2, 0.25) is 0 Å². The second kappa shape index (κ2) is 14.6. The number of carbonyl (C=O) groups excluding carboxylic acids is 1. The smallest absolute Gasteiger partial charge is 0.251 e. The summed E-state index contributed by atoms with van der Waals surface area (Å²) in [6.07, 6.45) is -0.355. The van der Waals surface area contributed by atoms with E-state index in [9.17, 15) is 18.0 Å². The third kappa shape index (κ3) is 6.54. The van der Waals surface area contributed by atoms with Gasteiger partial charge in [0.05, 0.1) is 47.5 Å². The highest BCUT2D eigenvalue weighted by Gasteiger charge is 2.48. The van der Waals surface area contributed by atoms with Crippen molar-refractivity contribution in [3.05, 3.63) is 78.0 Å². The number of hydrogen-bond donors (Lipinski definition) is 1. The van der Waals surface area contributed by atoms with E-state index >= 15 is 8.78 Å². The van der Waals surface area contributed by atoms with Gasteiger partial charge in [-0.1, -0.05) is 6.07 Å². The number of ether oxygens (including phenoxy) is 1. The predicted octanol–water partition coefficient (Wildman–Crippen LogP) is 5.03. The van der Waals surface area contributed by atoms with Crippen molar-refractivity contribution < 1.29 is 31.5 Å². The number of imidazole rings is 1. The number of methoxy groups -OCH3 is 1. The molecule has 4 aromatic heterocycles. The number of aromatic nitrogens is 7. The van der Waals surface area contributed by atoms with Crippen LogP contribution in [0.4, 0.5) is 39.5 Å². The molecule has 1 N–H and O–H groups in total. The molecule has 1 amide bonds. The molecule has 10 rings (SSSR count). The maximum Gasteiger partial charge on any atom is 0.251 e. The molecule has 0 radical (unpaired) electrons. The van der Waals surface area contributed by atoms with E-state index in [1.54, 1.807) is 24.0 Å². The molecule has 0 saturated carbocycles. The first-order chi connectivity index (χ1) is 28.9. The standard InChI is InChI=1S/C41H41F5N12O2/c1-21-48-32-11-23(43)9-28-31-5-4-6-36(50-31)49-24-12-34(40(59)53(2)18-27(60-3)19-55(21)37(28)32)56(15-24)38-29-14-47-58(33-8-7-22(42)10-30(33)44)39(29)52-41(51-38)57-25-13-26(57)17-54(16-25)20-35(45)46/h4-11,14,24-27,34-35H,12-13,15-20H2,1-3H3,(H,49,50)/t24-,25?,26?,27-,34-/m0/s1. The number of carbonyl (C=O) groups is 1. The molecule has 6 aromatic rings. The third-order valence-electron chi connectivity index (χ3n) is 12.2. The van der Waals surface area contributed by atoms with Gasteiger partial charge >= 0.3 is 0 Å². The van der Waals surface area contributed by atoms with E-state index in [0.717, 1.165) is 18.6 Å². The lowest BCUT2D eigenvalue weighted by Crippen LogP contribution is -2.69. The number of likely N-dealkylation sites (N-methyl/N-ethyl adjacent to an activating group) is 1. The van der Waals surface area contributed by atoms with Crippen LogP contribution in [0.3, 0.4) is 0 Å². The normalized spacial score (nSPS) is 23.3. The second-order valence-electron chi connectivity index (χ2n) is 16.1. The number of rotatable bonds is 6. The Morgan fingerprint density at radius 3 is 2.50 bits per heavy atom. The molecule has 0 aliphatic carbocycles. The second-order valence-corrected chi connectivity index (χ2v) is 16.1. The van der Waals surface area contributed by atoms with Crippen molar-refractivity contribution in [1.29, 1.82) is 0 Å². The van der Waals surface area contributed by atoms with Gasteiger partial charge in [-0.25, -0.2) is 36.6 Å². The molecule has 4 aliphatic rings. The van der Waals surface area contributed by atoms with Crippen LogP contribution >= 0.6 is 0 Å². The van der Waals surface area contributed by atoms with Gasteiger partial charge in [-0.15, -0.1) is 0 Å². The zero-order chi connectivity index (χ0) is 41.6. The molecule has 2 unspecified atom stereocenters. The molecule has 8 heterocycles. The van der Waals surface area contributed by atoms with Crippen LogP contribution in [0.15, 0.2) is 54.7 Å². The lowest BCUT2D eigenvalue weighted by atomic mass is 9.88. The number of aryl methyl sites for hydroxylation is 1. The van der Waals surface area contributed by atoms with Gasteiger partial charge in [0.15, 0.2) is 11.5 Å². The van der Waals surface area contributed by atoms with Crippen LogP contribution in [0, 0.1) is 24.4 Å². The summed E-state index contributed by atoms with van der Waals surface area (Å²) in [5.41, 5.74) is 2.47. The number of likely N-dealkylation sites (tertiary alicyclic amines) is 1. The predicted molar refractivity (Wildman–Crippen MR) is 213 cm³/mol. The van der Waals surface area contributed by atoms with E-state index in [4.69, 9.17) is 19.7 Å². The van der Waals surface area contributed by atoms with Gasteiger partial charge in [0, 0.05) is 76.2 Å². The number of halogens is 5. The number of benzene rings is 2. The number of hydrogen-bond acceptors (Lipinski definition) is 11. The van der Waals surface area contributed by atoms with Crippen LogP contribution < -0.4 is 15.1 Å². The van der Waals surface area contributed by atoms with Crippen LogP contribution in [0.25, 0.3) is 39.0 Å². The molecule has 14 nitrogen and oxygen atoms in total. The zero-order valence-electron chi connectivity index (χ0n) is 32.9. The van der Waals surface area contributed by atoms with Crippen LogP contribution in [-0.2, 0) is 16.1 Å². The number of fused-ring (bicyclic) bond motifs is 8. The molecule has 19 heteroatoms. The molecule has 2 aromatic carbocycles. The summed E-state index contributed by atoms with van der Waals surface area (Å²) >= 11 is 0. The van der Waals surface area contributed by atoms with Crippen LogP contribution in [0.5, 0.6) is 0 Å². The molecule has 312 valence electrons. The lowest BCUT2D eigenvalue weighted by Gasteiger charge is -2.56. The molecular formula is C41H41F5N12O2. The zero-order valence-corrected chi connectivity index (χ0v) is 32.9. The molecule has 60 heavy (non-hydrogen) atoms. The van der Waals surface area contributed by atoms with Crippen LogP contribution in [-0.4, -0.2) is 134 Å². The fourth-order valence-electron chi connectivity index (χ4n) is 9.53. The molecule has 3 fully saturated rings. The Kier molecular flexibility index (Phi) is 9.34. The first kappa shape index (κ1) is 38.3. The first-order valence-corrected chi connectivity index (χ1v) is 19.9. The molecular weight excluding hydrogens is 788 g/mol. The Morgan fingerprint density at radius 2 is 1.73 bits per heavy atom. The minimum atomic E-state index is -2.47. The summed E-state index contributed by atoms with van der Waals surface area (Å²) in [7, 11) is 3.30. The number of alkyl halides is 2. The molecule has 5 atom stereocenters. The monoisotopic (exact) mass is 828 g/mol. The van der Waals surface area contributed by atoms with Crippen molar-refractivity contribution in [2.75, 3.05) is 62.0 Å². The van der Waals surface area contributed by atoms with Crippen molar-refractivity contribution in [3.63, 3.8) is 0 Å². The first-order valence-electron chi connectivity index (χ1n) is 19.9. The summed E-state index contributed by atoms with van der Waals surface area (Å²) < 4.78 is 80.6. The summed E-state index contributed by atoms with van der Waals surface area (Å²) in [6, 6.07) is 10.1. The van der Waals surface area contributed by atoms with Gasteiger partial charge in [0.25, 0.3) is 6.43 Å². The molecule has 3 saturated heterocycles. The SMILES string of the molecule is CO[C@H]1CN(C)C(=O)[C@@H]2C[C@@H](CN2c2nc(N3C4CC3CN(CC(F)F)C4)nc3c2cnn3-c2ccc(F)cc2F)Nc2cccc(n2)-c2cc(F)cc3nc(C)n(c23)C1. The largest absolute Gasteiger partial charge is 0.378 e. The highest BCUT2D eigenvalue weighted by molar-refractivity contribution is 5.94. The van der Waals surface area contributed by atoms with E-state index in [1.807, 2.05) is 39.5 Å². The van der Waals surface area contributed by atoms with E-state index in [0.29, 0.717) is 77.1 Å². The molecule has 4 aliphatic heterocycles. The van der Waals surface area contributed by atoms with Gasteiger partial charge in [0.2, 0.25) is 11.9 Å². The average molecular weight is 829 g/mol. The van der Waals surface area contributed by atoms with Crippen molar-refractivity contribution in [2.45, 2.75) is 63.0 Å². The molecule has 0 spiro atoms. The van der Waals surface area contributed by atoms with Crippen molar-refractivity contribution in [2.24, 2.45) is 0 Å². The number of piperidine rings is 1. The number of nitrogens with one attached hydrogen (secondary N) is 1. The highest BCUT2D eigenvalue weighted by atomic mass is 19.3. The average Bonchev–Trinajstić information content (AvgIpc) is 3.91. The fourth-order valence-corrected chi connectivity index (χ4v) is 9.53. The van der Waals surface area contributed by atoms with Crippen LogP contribution in [0.1, 0.15) is 18.7 Å². The van der Waals surface area contributed by atoms with Gasteiger partial charge in [-0.3, -0.25) is 9.69 Å². The highest BCUT2D eigenvalue weighted by Crippen LogP contribution is 2.40. The van der Waals surface area contributed by atoms with Gasteiger partial charge in [-0.05, 0) is 50.1 Å². The van der Waals surface area contributed by atoms with Crippen molar-refractivity contribution in [1.82, 2.24) is 44.1 Å². The molecule has 6 bridgehead atoms. The minimum Gasteiger partial charge on any atom is -0.378 e. The van der Waals surface area contributed by atoms with E-state index in [-0.39, 0.29) is 55.0 Å². The van der Waals surface area contributed by atoms with Crippen molar-refractivity contribution >= 4 is 45.6 Å². The Bertz CT molecular complexity index is 2640. The summed E-state index contributed by atoms with van der Waals surface area (Å²) in [5.74, 6) is -0.428. The Morgan fingerprint density at radius 1 is 0.917 bits per heavy atom. The topological polar surface area (TPSA) is 126 Å². The maximum absolute atomic E-state index is 15.4. The fraction of sp³-hybridized carbons (Fsp3) is 0.415. The van der Waals surface area contributed by atoms with Crippen molar-refractivity contribution in [3.8, 4) is 16.9 Å². The number of anilines is 3. The Balaban J connectivity index is 1.09. The maximum atomic E-state index is 15.4. The number of nitrogens with zero attached hydrogens (tertiary/aromatic N) is 11. The lowest BCUT2D eigenvalue weighted by molar-refractivity contribution is -0.132. The van der Waals surface area contributed by atoms with Gasteiger partial charge in [-0.2, -0.15) is 15.1 Å². The van der Waals surface area contributed by atoms with Gasteiger partial charge < -0.3 is 29.3 Å². The van der Waals surface area contributed by atoms with E-state index in [2.05, 4.69) is 15.4 Å². The third-order valence-corrected chi connectivity index (χ3v) is 12.2. The van der Waals surface area contributed by atoms with E-state index in [1.165, 1.54) is 29.1 Å². The quantitative estimate of drug-likeness (QED) is 0.228. The summed E-state index contributed by atoms with van der Waals surface area (Å²) in [5, 5.41) is 8.47.